The van der Waals surface area contributed by atoms with E-state index in [0.717, 1.165) is 11.2 Å². The molecule has 1 unspecified atom stereocenters. The van der Waals surface area contributed by atoms with Gasteiger partial charge in [0.2, 0.25) is 5.91 Å². The van der Waals surface area contributed by atoms with Gasteiger partial charge in [0.25, 0.3) is 0 Å². The van der Waals surface area contributed by atoms with Crippen LogP contribution in [0.4, 0.5) is 0 Å². The summed E-state index contributed by atoms with van der Waals surface area (Å²) in [6, 6.07) is 17.6. The summed E-state index contributed by atoms with van der Waals surface area (Å²) in [6.07, 6.45) is 0.813. The van der Waals surface area contributed by atoms with Crippen LogP contribution in [-0.4, -0.2) is 20.6 Å². The third kappa shape index (κ3) is 3.36. The van der Waals surface area contributed by atoms with Gasteiger partial charge >= 0.3 is 0 Å². The van der Waals surface area contributed by atoms with Crippen LogP contribution < -0.4 is 5.73 Å². The fourth-order valence-corrected chi connectivity index (χ4v) is 3.60. The number of primary amides is 1. The van der Waals surface area contributed by atoms with Gasteiger partial charge < -0.3 is 10.8 Å². The number of hydrogen-bond acceptors (Lipinski definition) is 3. The zero-order chi connectivity index (χ0) is 19.8. The van der Waals surface area contributed by atoms with E-state index in [1.54, 1.807) is 42.7 Å². The van der Waals surface area contributed by atoms with Gasteiger partial charge in [-0.3, -0.25) is 9.36 Å². The molecule has 7 heteroatoms. The smallest absolute Gasteiger partial charge is 0.248 e. The van der Waals surface area contributed by atoms with Crippen LogP contribution in [0.1, 0.15) is 27.6 Å². The van der Waals surface area contributed by atoms with Crippen molar-refractivity contribution in [1.29, 1.82) is 0 Å². The van der Waals surface area contributed by atoms with E-state index < -0.39 is 12.0 Å². The van der Waals surface area contributed by atoms with Gasteiger partial charge in [0, 0.05) is 26.9 Å². The van der Waals surface area contributed by atoms with Gasteiger partial charge in [0.15, 0.2) is 0 Å². The predicted molar refractivity (Wildman–Crippen MR) is 110 cm³/mol. The Morgan fingerprint density at radius 1 is 1.04 bits per heavy atom. The van der Waals surface area contributed by atoms with Crippen molar-refractivity contribution in [2.45, 2.75) is 6.10 Å². The largest absolute Gasteiger partial charge is 0.384 e. The first-order valence-electron chi connectivity index (χ1n) is 8.44. The third-order valence-electron chi connectivity index (χ3n) is 4.58. The van der Waals surface area contributed by atoms with Gasteiger partial charge in [0.05, 0.1) is 11.0 Å². The predicted octanol–water partition coefficient (Wildman–Crippen LogP) is 4.51. The van der Waals surface area contributed by atoms with Gasteiger partial charge in [-0.1, -0.05) is 41.4 Å². The van der Waals surface area contributed by atoms with E-state index in [1.807, 2.05) is 28.8 Å². The highest BCUT2D eigenvalue weighted by atomic mass is 35.5. The number of imidazole rings is 1. The van der Waals surface area contributed by atoms with E-state index in [1.165, 1.54) is 0 Å². The molecule has 0 saturated carbocycles. The molecule has 3 N–H and O–H groups in total. The molecule has 0 aliphatic heterocycles. The first-order valence-corrected chi connectivity index (χ1v) is 9.20. The Labute approximate surface area is 170 Å². The van der Waals surface area contributed by atoms with Crippen LogP contribution in [0, 0.1) is 0 Å². The van der Waals surface area contributed by atoms with Gasteiger partial charge in [-0.2, -0.15) is 0 Å². The lowest BCUT2D eigenvalue weighted by Gasteiger charge is -2.14. The number of aliphatic hydroxyl groups is 1. The number of carbonyl (C=O) groups excluding carboxylic acids is 1. The van der Waals surface area contributed by atoms with Crippen LogP contribution in [0.15, 0.2) is 67.0 Å². The average molecular weight is 412 g/mol. The molecule has 140 valence electrons. The first-order chi connectivity index (χ1) is 13.4. The Morgan fingerprint density at radius 2 is 1.79 bits per heavy atom. The summed E-state index contributed by atoms with van der Waals surface area (Å²) < 4.78 is 1.89. The van der Waals surface area contributed by atoms with Gasteiger partial charge in [-0.15, -0.1) is 0 Å². The molecule has 0 aliphatic carbocycles. The number of nitrogens with two attached hydrogens (primary N) is 1. The summed E-state index contributed by atoms with van der Waals surface area (Å²) in [7, 11) is 0. The van der Waals surface area contributed by atoms with Crippen LogP contribution in [0.25, 0.3) is 16.7 Å². The van der Waals surface area contributed by atoms with E-state index in [0.29, 0.717) is 32.3 Å². The Bertz CT molecular complexity index is 1190. The lowest BCUT2D eigenvalue weighted by molar-refractivity contribution is 0.100. The summed E-state index contributed by atoms with van der Waals surface area (Å²) >= 11 is 12.1. The summed E-state index contributed by atoms with van der Waals surface area (Å²) in [4.78, 5) is 15.7. The zero-order valence-corrected chi connectivity index (χ0v) is 16.0. The van der Waals surface area contributed by atoms with E-state index in [-0.39, 0.29) is 0 Å². The molecule has 0 spiro atoms. The molecule has 1 heterocycles. The molecule has 0 saturated heterocycles. The summed E-state index contributed by atoms with van der Waals surface area (Å²) in [5, 5.41) is 11.6. The van der Waals surface area contributed by atoms with E-state index in [2.05, 4.69) is 4.98 Å². The van der Waals surface area contributed by atoms with Crippen LogP contribution >= 0.6 is 23.2 Å². The molecule has 4 aromatic rings. The van der Waals surface area contributed by atoms with Crippen molar-refractivity contribution in [3.63, 3.8) is 0 Å². The van der Waals surface area contributed by atoms with Crippen molar-refractivity contribution in [1.82, 2.24) is 9.55 Å². The summed E-state index contributed by atoms with van der Waals surface area (Å²) in [5.74, 6) is -0.490. The molecule has 1 aromatic heterocycles. The molecule has 0 aliphatic rings. The molecular formula is C21H15Cl2N3O2. The number of nitrogens with zero attached hydrogens (tertiary/aromatic N) is 2. The maximum absolute atomic E-state index is 11.3. The molecule has 3 aromatic carbocycles. The zero-order valence-electron chi connectivity index (χ0n) is 14.5. The molecule has 1 atom stereocenters. The van der Waals surface area contributed by atoms with Gasteiger partial charge in [-0.25, -0.2) is 4.98 Å². The second-order valence-electron chi connectivity index (χ2n) is 6.34. The van der Waals surface area contributed by atoms with Crippen molar-refractivity contribution in [3.8, 4) is 5.69 Å². The highest BCUT2D eigenvalue weighted by Crippen LogP contribution is 2.31. The Hall–Kier alpha value is -2.86. The topological polar surface area (TPSA) is 81.1 Å². The number of hydrogen-bond donors (Lipinski definition) is 2. The van der Waals surface area contributed by atoms with E-state index in [4.69, 9.17) is 28.9 Å². The third-order valence-corrected chi connectivity index (χ3v) is 5.14. The lowest BCUT2D eigenvalue weighted by Crippen LogP contribution is -2.10. The van der Waals surface area contributed by atoms with Crippen molar-refractivity contribution in [2.75, 3.05) is 0 Å². The number of carbonyl (C=O) groups is 1. The fourth-order valence-electron chi connectivity index (χ4n) is 3.09. The minimum Gasteiger partial charge on any atom is -0.384 e. The highest BCUT2D eigenvalue weighted by Gasteiger charge is 2.15. The minimum atomic E-state index is -0.864. The summed E-state index contributed by atoms with van der Waals surface area (Å²) in [6.45, 7) is 0. The van der Waals surface area contributed by atoms with Crippen molar-refractivity contribution in [2.24, 2.45) is 5.73 Å². The molecule has 0 bridgehead atoms. The molecule has 5 nitrogen and oxygen atoms in total. The average Bonchev–Trinajstić information content (AvgIpc) is 3.11. The van der Waals surface area contributed by atoms with Crippen molar-refractivity contribution >= 4 is 40.1 Å². The second-order valence-corrected chi connectivity index (χ2v) is 7.19. The van der Waals surface area contributed by atoms with Gasteiger partial charge in [-0.05, 0) is 48.0 Å². The highest BCUT2D eigenvalue weighted by molar-refractivity contribution is 6.35. The van der Waals surface area contributed by atoms with Crippen LogP contribution in [0.5, 0.6) is 0 Å². The van der Waals surface area contributed by atoms with Gasteiger partial charge in [0.1, 0.15) is 12.4 Å². The number of aliphatic hydroxyl groups excluding tert-OH is 1. The maximum Gasteiger partial charge on any atom is 0.248 e. The van der Waals surface area contributed by atoms with E-state index >= 15 is 0 Å². The first kappa shape index (κ1) is 18.5. The van der Waals surface area contributed by atoms with Crippen LogP contribution in [0.3, 0.4) is 0 Å². The summed E-state index contributed by atoms with van der Waals surface area (Å²) in [5.41, 5.74) is 9.41. The fraction of sp³-hybridized carbons (Fsp3) is 0.0476. The molecule has 4 rings (SSSR count). The van der Waals surface area contributed by atoms with E-state index in [9.17, 15) is 9.90 Å². The molecule has 1 amide bonds. The SMILES string of the molecule is NC(=O)c1ccc2c(c1)ncn2-c1ccc(C(O)c2ccc(Cl)cc2Cl)cc1. The number of rotatable bonds is 4. The Balaban J connectivity index is 1.66. The Kier molecular flexibility index (Phi) is 4.81. The minimum absolute atomic E-state index is 0.412. The number of halogens is 2. The quantitative estimate of drug-likeness (QED) is 0.518. The Morgan fingerprint density at radius 3 is 2.46 bits per heavy atom. The monoisotopic (exact) mass is 411 g/mol. The molecule has 28 heavy (non-hydrogen) atoms. The van der Waals surface area contributed by atoms with Crippen LogP contribution in [0.2, 0.25) is 10.0 Å². The standard InChI is InChI=1S/C21H15Cl2N3O2/c22-14-4-7-16(17(23)10-14)20(27)12-1-5-15(6-2-12)26-11-25-18-9-13(21(24)28)3-8-19(18)26/h1-11,20,27H,(H2,24,28). The number of aromatic nitrogens is 2. The van der Waals surface area contributed by atoms with Crippen molar-refractivity contribution in [3.05, 3.63) is 93.7 Å². The number of benzene rings is 3. The molecule has 0 radical (unpaired) electrons. The number of fused-ring (bicyclic) bond motifs is 1. The lowest BCUT2D eigenvalue weighted by atomic mass is 10.0. The maximum atomic E-state index is 11.3. The number of amides is 1. The molecule has 0 fully saturated rings. The van der Waals surface area contributed by atoms with Crippen molar-refractivity contribution < 1.29 is 9.90 Å². The van der Waals surface area contributed by atoms with Crippen LogP contribution in [-0.2, 0) is 0 Å². The normalized spacial score (nSPS) is 12.2. The second kappa shape index (κ2) is 7.28. The molecular weight excluding hydrogens is 397 g/mol.